The molecule has 8 heteroatoms. The van der Waals surface area contributed by atoms with Crippen molar-refractivity contribution in [1.29, 1.82) is 0 Å². The summed E-state index contributed by atoms with van der Waals surface area (Å²) in [6.45, 7) is 2.13. The van der Waals surface area contributed by atoms with Gasteiger partial charge in [-0.05, 0) is 49.6 Å². The molecule has 0 bridgehead atoms. The molecule has 0 atom stereocenters. The van der Waals surface area contributed by atoms with Gasteiger partial charge < -0.3 is 20.0 Å². The summed E-state index contributed by atoms with van der Waals surface area (Å²) < 4.78 is 5.41. The van der Waals surface area contributed by atoms with Crippen LogP contribution in [0.25, 0.3) is 0 Å². The maximum absolute atomic E-state index is 12.7. The molecule has 0 radical (unpaired) electrons. The van der Waals surface area contributed by atoms with Crippen molar-refractivity contribution in [3.8, 4) is 0 Å². The van der Waals surface area contributed by atoms with Crippen molar-refractivity contribution in [3.63, 3.8) is 0 Å². The first kappa shape index (κ1) is 19.1. The molecule has 0 aliphatic heterocycles. The summed E-state index contributed by atoms with van der Waals surface area (Å²) in [6, 6.07) is 10.5. The SMILES string of the molecule is Cc1[nH]c(C2CC2)nc(=S)c1C(=O)NCc1cccc(NC(=O)c2ccco2)c1. The number of furan rings is 1. The number of anilines is 1. The number of nitrogens with one attached hydrogen (secondary N) is 3. The van der Waals surface area contributed by atoms with Crippen LogP contribution in [0, 0.1) is 11.6 Å². The largest absolute Gasteiger partial charge is 0.459 e. The van der Waals surface area contributed by atoms with Crippen molar-refractivity contribution in [2.45, 2.75) is 32.2 Å². The number of carbonyl (C=O) groups is 2. The van der Waals surface area contributed by atoms with Crippen LogP contribution in [0.3, 0.4) is 0 Å². The van der Waals surface area contributed by atoms with E-state index in [0.717, 1.165) is 29.9 Å². The zero-order chi connectivity index (χ0) is 20.4. The van der Waals surface area contributed by atoms with Gasteiger partial charge in [0.15, 0.2) is 5.76 Å². The number of hydrogen-bond acceptors (Lipinski definition) is 5. The van der Waals surface area contributed by atoms with Crippen LogP contribution >= 0.6 is 12.2 Å². The molecule has 1 aromatic carbocycles. The van der Waals surface area contributed by atoms with Crippen LogP contribution in [0.2, 0.25) is 0 Å². The first-order valence-corrected chi connectivity index (χ1v) is 9.75. The van der Waals surface area contributed by atoms with Gasteiger partial charge in [-0.3, -0.25) is 9.59 Å². The predicted molar refractivity (Wildman–Crippen MR) is 110 cm³/mol. The van der Waals surface area contributed by atoms with Gasteiger partial charge in [0, 0.05) is 23.8 Å². The molecule has 29 heavy (non-hydrogen) atoms. The topological polar surface area (TPSA) is 100 Å². The van der Waals surface area contributed by atoms with E-state index in [1.165, 1.54) is 6.26 Å². The van der Waals surface area contributed by atoms with Crippen molar-refractivity contribution in [2.75, 3.05) is 5.32 Å². The Morgan fingerprint density at radius 3 is 2.76 bits per heavy atom. The van der Waals surface area contributed by atoms with E-state index in [0.29, 0.717) is 28.4 Å². The van der Waals surface area contributed by atoms with Crippen molar-refractivity contribution in [1.82, 2.24) is 15.3 Å². The Kier molecular flexibility index (Phi) is 5.26. The maximum Gasteiger partial charge on any atom is 0.291 e. The number of H-pyrrole nitrogens is 1. The monoisotopic (exact) mass is 408 g/mol. The number of amides is 2. The normalized spacial score (nSPS) is 13.1. The van der Waals surface area contributed by atoms with Crippen molar-refractivity contribution in [3.05, 3.63) is 75.7 Å². The van der Waals surface area contributed by atoms with Crippen LogP contribution in [-0.2, 0) is 6.54 Å². The van der Waals surface area contributed by atoms with Crippen LogP contribution in [-0.4, -0.2) is 21.8 Å². The quantitative estimate of drug-likeness (QED) is 0.533. The minimum atomic E-state index is -0.333. The van der Waals surface area contributed by atoms with Gasteiger partial charge in [-0.15, -0.1) is 0 Å². The van der Waals surface area contributed by atoms with E-state index in [9.17, 15) is 9.59 Å². The molecule has 0 unspecified atom stereocenters. The van der Waals surface area contributed by atoms with Gasteiger partial charge in [-0.1, -0.05) is 24.4 Å². The lowest BCUT2D eigenvalue weighted by Crippen LogP contribution is -2.25. The highest BCUT2D eigenvalue weighted by Crippen LogP contribution is 2.38. The summed E-state index contributed by atoms with van der Waals surface area (Å²) in [5.74, 6) is 0.926. The molecule has 7 nitrogen and oxygen atoms in total. The number of aromatic nitrogens is 2. The van der Waals surface area contributed by atoms with Crippen LogP contribution in [0.4, 0.5) is 5.69 Å². The van der Waals surface area contributed by atoms with Crippen LogP contribution in [0.1, 0.15) is 56.8 Å². The second-order valence-corrected chi connectivity index (χ2v) is 7.40. The van der Waals surface area contributed by atoms with E-state index in [1.54, 1.807) is 24.3 Å². The van der Waals surface area contributed by atoms with Crippen LogP contribution < -0.4 is 10.6 Å². The summed E-state index contributed by atoms with van der Waals surface area (Å²) in [7, 11) is 0. The molecule has 4 rings (SSSR count). The number of aryl methyl sites for hydroxylation is 1. The number of aromatic amines is 1. The van der Waals surface area contributed by atoms with Gasteiger partial charge >= 0.3 is 0 Å². The Labute approximate surface area is 172 Å². The fourth-order valence-electron chi connectivity index (χ4n) is 3.06. The second-order valence-electron chi connectivity index (χ2n) is 7.02. The standard InChI is InChI=1S/C21H20N4O3S/c1-12-17(21(29)25-18(23-12)14-7-8-14)20(27)22-11-13-4-2-5-15(10-13)24-19(26)16-6-3-9-28-16/h2-6,9-10,14H,7-8,11H2,1H3,(H,22,27)(H,24,26)(H,23,25,29). The zero-order valence-electron chi connectivity index (χ0n) is 15.8. The molecular formula is C21H20N4O3S. The van der Waals surface area contributed by atoms with Crippen molar-refractivity contribution in [2.24, 2.45) is 0 Å². The third kappa shape index (κ3) is 4.43. The van der Waals surface area contributed by atoms with E-state index >= 15 is 0 Å². The van der Waals surface area contributed by atoms with E-state index in [-0.39, 0.29) is 17.6 Å². The molecule has 0 saturated heterocycles. The summed E-state index contributed by atoms with van der Waals surface area (Å²) in [5, 5.41) is 5.64. The van der Waals surface area contributed by atoms with Crippen molar-refractivity contribution < 1.29 is 14.0 Å². The van der Waals surface area contributed by atoms with E-state index in [2.05, 4.69) is 20.6 Å². The molecule has 3 N–H and O–H groups in total. The average molecular weight is 408 g/mol. The molecule has 1 saturated carbocycles. The summed E-state index contributed by atoms with van der Waals surface area (Å²) in [5.41, 5.74) is 2.57. The summed E-state index contributed by atoms with van der Waals surface area (Å²) >= 11 is 5.34. The predicted octanol–water partition coefficient (Wildman–Crippen LogP) is 4.10. The minimum absolute atomic E-state index is 0.232. The lowest BCUT2D eigenvalue weighted by Gasteiger charge is -2.10. The van der Waals surface area contributed by atoms with Gasteiger partial charge in [0.05, 0.1) is 11.8 Å². The molecule has 2 heterocycles. The highest BCUT2D eigenvalue weighted by atomic mass is 32.1. The third-order valence-electron chi connectivity index (χ3n) is 4.70. The fourth-order valence-corrected chi connectivity index (χ4v) is 3.40. The maximum atomic E-state index is 12.7. The average Bonchev–Trinajstić information content (AvgIpc) is 3.40. The van der Waals surface area contributed by atoms with Gasteiger partial charge in [0.25, 0.3) is 11.8 Å². The highest BCUT2D eigenvalue weighted by molar-refractivity contribution is 7.71. The van der Waals surface area contributed by atoms with E-state index < -0.39 is 0 Å². The molecule has 1 aliphatic rings. The molecule has 2 amide bonds. The Morgan fingerprint density at radius 2 is 2.07 bits per heavy atom. The Balaban J connectivity index is 1.42. The highest BCUT2D eigenvalue weighted by Gasteiger charge is 2.27. The lowest BCUT2D eigenvalue weighted by molar-refractivity contribution is 0.0947. The van der Waals surface area contributed by atoms with Gasteiger partial charge in [0.2, 0.25) is 0 Å². The Morgan fingerprint density at radius 1 is 1.24 bits per heavy atom. The minimum Gasteiger partial charge on any atom is -0.459 e. The fraction of sp³-hybridized carbons (Fsp3) is 0.238. The first-order chi connectivity index (χ1) is 14.0. The molecule has 1 fully saturated rings. The van der Waals surface area contributed by atoms with E-state index in [4.69, 9.17) is 16.6 Å². The molecular weight excluding hydrogens is 388 g/mol. The Hall–Kier alpha value is -3.26. The van der Waals surface area contributed by atoms with Gasteiger partial charge in [0.1, 0.15) is 10.5 Å². The summed E-state index contributed by atoms with van der Waals surface area (Å²) in [4.78, 5) is 32.3. The Bertz CT molecular complexity index is 1120. The van der Waals surface area contributed by atoms with Crippen molar-refractivity contribution >= 4 is 29.7 Å². The molecule has 2 aromatic heterocycles. The lowest BCUT2D eigenvalue weighted by atomic mass is 10.1. The number of hydrogen-bond donors (Lipinski definition) is 3. The smallest absolute Gasteiger partial charge is 0.291 e. The van der Waals surface area contributed by atoms with Crippen LogP contribution in [0.15, 0.2) is 47.1 Å². The van der Waals surface area contributed by atoms with Gasteiger partial charge in [-0.25, -0.2) is 4.98 Å². The third-order valence-corrected chi connectivity index (χ3v) is 5.00. The number of benzene rings is 1. The van der Waals surface area contributed by atoms with E-state index in [1.807, 2.05) is 19.1 Å². The first-order valence-electron chi connectivity index (χ1n) is 9.34. The second kappa shape index (κ2) is 8.00. The summed E-state index contributed by atoms with van der Waals surface area (Å²) in [6.07, 6.45) is 3.66. The zero-order valence-corrected chi connectivity index (χ0v) is 16.6. The molecule has 148 valence electrons. The van der Waals surface area contributed by atoms with Crippen LogP contribution in [0.5, 0.6) is 0 Å². The molecule has 3 aromatic rings. The number of carbonyl (C=O) groups excluding carboxylic acids is 2. The number of nitrogens with zero attached hydrogens (tertiary/aromatic N) is 1. The molecule has 1 aliphatic carbocycles. The number of rotatable bonds is 6. The van der Waals surface area contributed by atoms with Gasteiger partial charge in [-0.2, -0.15) is 0 Å². The molecule has 0 spiro atoms.